The Balaban J connectivity index is 2.04. The number of cyclic esters (lactones) is 2. The van der Waals surface area contributed by atoms with E-state index in [-0.39, 0.29) is 12.8 Å². The maximum Gasteiger partial charge on any atom is 0.407 e. The molecule has 0 radical (unpaired) electrons. The van der Waals surface area contributed by atoms with Crippen molar-refractivity contribution in [3.05, 3.63) is 35.9 Å². The number of esters is 2. The fraction of sp³-hybridized carbons (Fsp3) is 0.545. The Morgan fingerprint density at radius 1 is 1.10 bits per heavy atom. The van der Waals surface area contributed by atoms with Gasteiger partial charge in [0, 0.05) is 26.3 Å². The standard InChI is InChI=1S/C22H29NO7/c1-21(2,3)30-20(27)23-15(13-14-9-7-6-8-10-14)11-12-16(24)17-18(25)28-22(4,5)29-19(17)26/h6-10,15,17H,11-13H2,1-5H3,(H,23,27)/t15-/m1/s1. The summed E-state index contributed by atoms with van der Waals surface area (Å²) in [5, 5.41) is 2.77. The van der Waals surface area contributed by atoms with Crippen LogP contribution in [0.25, 0.3) is 0 Å². The predicted octanol–water partition coefficient (Wildman–Crippen LogP) is 2.92. The number of rotatable bonds is 7. The van der Waals surface area contributed by atoms with Crippen LogP contribution in [0.3, 0.4) is 0 Å². The Kier molecular flexibility index (Phi) is 7.23. The first-order chi connectivity index (χ1) is 13.9. The second-order valence-electron chi connectivity index (χ2n) is 8.71. The molecule has 0 unspecified atom stereocenters. The average molecular weight is 419 g/mol. The van der Waals surface area contributed by atoms with Crippen LogP contribution in [0.2, 0.25) is 0 Å². The minimum atomic E-state index is -1.60. The second kappa shape index (κ2) is 9.28. The van der Waals surface area contributed by atoms with Crippen LogP contribution < -0.4 is 5.32 Å². The van der Waals surface area contributed by atoms with Gasteiger partial charge in [-0.1, -0.05) is 30.3 Å². The highest BCUT2D eigenvalue weighted by Crippen LogP contribution is 2.25. The number of hydrogen-bond acceptors (Lipinski definition) is 7. The zero-order valence-electron chi connectivity index (χ0n) is 18.0. The zero-order valence-corrected chi connectivity index (χ0v) is 18.0. The molecule has 0 saturated carbocycles. The molecule has 1 amide bonds. The van der Waals surface area contributed by atoms with Crippen molar-refractivity contribution < 1.29 is 33.4 Å². The van der Waals surface area contributed by atoms with E-state index in [1.165, 1.54) is 13.8 Å². The minimum Gasteiger partial charge on any atom is -0.444 e. The van der Waals surface area contributed by atoms with Crippen LogP contribution in [0, 0.1) is 5.92 Å². The topological polar surface area (TPSA) is 108 Å². The number of ketones is 1. The normalized spacial score (nSPS) is 17.5. The van der Waals surface area contributed by atoms with Gasteiger partial charge in [0.2, 0.25) is 5.92 Å². The summed E-state index contributed by atoms with van der Waals surface area (Å²) < 4.78 is 15.3. The number of carbonyl (C=O) groups excluding carboxylic acids is 4. The summed E-state index contributed by atoms with van der Waals surface area (Å²) in [4.78, 5) is 49.0. The summed E-state index contributed by atoms with van der Waals surface area (Å²) in [6.07, 6.45) is -0.0372. The maximum atomic E-state index is 12.6. The Hall–Kier alpha value is -2.90. The van der Waals surface area contributed by atoms with E-state index in [1.54, 1.807) is 20.8 Å². The summed E-state index contributed by atoms with van der Waals surface area (Å²) in [5.74, 6) is -5.43. The molecule has 164 valence electrons. The quantitative estimate of drug-likeness (QED) is 0.535. The molecule has 1 aromatic rings. The second-order valence-corrected chi connectivity index (χ2v) is 8.71. The smallest absolute Gasteiger partial charge is 0.407 e. The fourth-order valence-corrected chi connectivity index (χ4v) is 3.04. The van der Waals surface area contributed by atoms with Crippen molar-refractivity contribution in [3.8, 4) is 0 Å². The van der Waals surface area contributed by atoms with Crippen molar-refractivity contribution in [1.82, 2.24) is 5.32 Å². The van der Waals surface area contributed by atoms with Crippen LogP contribution in [0.5, 0.6) is 0 Å². The highest BCUT2D eigenvalue weighted by atomic mass is 16.7. The van der Waals surface area contributed by atoms with Crippen LogP contribution in [-0.2, 0) is 35.0 Å². The van der Waals surface area contributed by atoms with E-state index in [2.05, 4.69) is 5.32 Å². The predicted molar refractivity (Wildman–Crippen MR) is 107 cm³/mol. The summed E-state index contributed by atoms with van der Waals surface area (Å²) >= 11 is 0. The first-order valence-corrected chi connectivity index (χ1v) is 9.88. The van der Waals surface area contributed by atoms with Crippen LogP contribution in [-0.4, -0.2) is 41.2 Å². The van der Waals surface area contributed by atoms with Gasteiger partial charge in [0.25, 0.3) is 5.79 Å². The average Bonchev–Trinajstić information content (AvgIpc) is 2.57. The molecule has 2 rings (SSSR count). The SMILES string of the molecule is CC(C)(C)OC(=O)N[C@H](CCC(=O)C1C(=O)OC(C)(C)OC1=O)Cc1ccccc1. The lowest BCUT2D eigenvalue weighted by Gasteiger charge is -2.32. The molecule has 0 aliphatic carbocycles. The van der Waals surface area contributed by atoms with Gasteiger partial charge in [0.15, 0.2) is 5.78 Å². The number of Topliss-reactive ketones (excluding diaryl/α,β-unsaturated/α-hetero) is 1. The van der Waals surface area contributed by atoms with Crippen LogP contribution in [0.1, 0.15) is 53.0 Å². The van der Waals surface area contributed by atoms with Gasteiger partial charge in [-0.05, 0) is 39.2 Å². The molecule has 1 aromatic carbocycles. The lowest BCUT2D eigenvalue weighted by atomic mass is 9.95. The van der Waals surface area contributed by atoms with Gasteiger partial charge in [-0.15, -0.1) is 0 Å². The highest BCUT2D eigenvalue weighted by Gasteiger charge is 2.46. The van der Waals surface area contributed by atoms with Crippen molar-refractivity contribution in [3.63, 3.8) is 0 Å². The first-order valence-electron chi connectivity index (χ1n) is 9.88. The highest BCUT2D eigenvalue weighted by molar-refractivity contribution is 6.15. The number of benzene rings is 1. The summed E-state index contributed by atoms with van der Waals surface area (Å²) in [6, 6.07) is 9.01. The third-order valence-corrected chi connectivity index (χ3v) is 4.27. The Bertz CT molecular complexity index is 775. The fourth-order valence-electron chi connectivity index (χ4n) is 3.04. The summed E-state index contributed by atoms with van der Waals surface area (Å²) in [6.45, 7) is 8.10. The number of amides is 1. The Morgan fingerprint density at radius 2 is 1.67 bits per heavy atom. The molecule has 1 aliphatic rings. The van der Waals surface area contributed by atoms with Crippen LogP contribution >= 0.6 is 0 Å². The van der Waals surface area contributed by atoms with Crippen molar-refractivity contribution in [2.45, 2.75) is 71.3 Å². The lowest BCUT2D eigenvalue weighted by molar-refractivity contribution is -0.238. The van der Waals surface area contributed by atoms with Crippen LogP contribution in [0.15, 0.2) is 30.3 Å². The molecule has 1 N–H and O–H groups in total. The molecule has 0 spiro atoms. The number of nitrogens with one attached hydrogen (secondary N) is 1. The lowest BCUT2D eigenvalue weighted by Crippen LogP contribution is -2.49. The van der Waals surface area contributed by atoms with Crippen LogP contribution in [0.4, 0.5) is 4.79 Å². The molecule has 1 heterocycles. The van der Waals surface area contributed by atoms with Crippen molar-refractivity contribution in [1.29, 1.82) is 0 Å². The number of hydrogen-bond donors (Lipinski definition) is 1. The molecule has 0 aromatic heterocycles. The molecule has 1 saturated heterocycles. The van der Waals surface area contributed by atoms with E-state index in [0.717, 1.165) is 5.56 Å². The minimum absolute atomic E-state index is 0.109. The third kappa shape index (κ3) is 7.17. The van der Waals surface area contributed by atoms with E-state index >= 15 is 0 Å². The number of ether oxygens (including phenoxy) is 3. The van der Waals surface area contributed by atoms with E-state index < -0.39 is 47.2 Å². The molecule has 8 heteroatoms. The van der Waals surface area contributed by atoms with Gasteiger partial charge in [-0.25, -0.2) is 4.79 Å². The Morgan fingerprint density at radius 3 is 2.20 bits per heavy atom. The molecule has 8 nitrogen and oxygen atoms in total. The monoisotopic (exact) mass is 419 g/mol. The summed E-state index contributed by atoms with van der Waals surface area (Å²) in [5.41, 5.74) is 0.295. The maximum absolute atomic E-state index is 12.6. The number of alkyl carbamates (subject to hydrolysis) is 1. The Labute approximate surface area is 176 Å². The third-order valence-electron chi connectivity index (χ3n) is 4.27. The van der Waals surface area contributed by atoms with Crippen molar-refractivity contribution >= 4 is 23.8 Å². The van der Waals surface area contributed by atoms with Crippen molar-refractivity contribution in [2.24, 2.45) is 5.92 Å². The first kappa shape index (κ1) is 23.4. The molecule has 1 atom stereocenters. The largest absolute Gasteiger partial charge is 0.444 e. The zero-order chi connectivity index (χ0) is 22.5. The summed E-state index contributed by atoms with van der Waals surface area (Å²) in [7, 11) is 0. The molecular weight excluding hydrogens is 390 g/mol. The van der Waals surface area contributed by atoms with Crippen molar-refractivity contribution in [2.75, 3.05) is 0 Å². The molecule has 1 fully saturated rings. The number of carbonyl (C=O) groups is 4. The molecule has 0 bridgehead atoms. The van der Waals surface area contributed by atoms with E-state index in [4.69, 9.17) is 14.2 Å². The van der Waals surface area contributed by atoms with E-state index in [9.17, 15) is 19.2 Å². The van der Waals surface area contributed by atoms with Gasteiger partial charge in [0.05, 0.1) is 0 Å². The van der Waals surface area contributed by atoms with Gasteiger partial charge in [0.1, 0.15) is 5.60 Å². The molecule has 1 aliphatic heterocycles. The molecular formula is C22H29NO7. The van der Waals surface area contributed by atoms with Gasteiger partial charge < -0.3 is 19.5 Å². The van der Waals surface area contributed by atoms with E-state index in [1.807, 2.05) is 30.3 Å². The van der Waals surface area contributed by atoms with Gasteiger partial charge >= 0.3 is 18.0 Å². The van der Waals surface area contributed by atoms with Gasteiger partial charge in [-0.2, -0.15) is 0 Å². The van der Waals surface area contributed by atoms with E-state index in [0.29, 0.717) is 6.42 Å². The van der Waals surface area contributed by atoms with Gasteiger partial charge in [-0.3, -0.25) is 14.4 Å². The molecule has 30 heavy (non-hydrogen) atoms.